The number of likely N-dealkylation sites (tertiary alicyclic amines) is 1. The van der Waals surface area contributed by atoms with Gasteiger partial charge in [-0.1, -0.05) is 48.5 Å². The fourth-order valence-corrected chi connectivity index (χ4v) is 3.37. The van der Waals surface area contributed by atoms with E-state index in [1.807, 2.05) is 6.07 Å². The number of benzene rings is 2. The maximum Gasteiger partial charge on any atom is 0.351 e. The first-order chi connectivity index (χ1) is 13.6. The van der Waals surface area contributed by atoms with E-state index in [0.717, 1.165) is 12.8 Å². The van der Waals surface area contributed by atoms with Gasteiger partial charge >= 0.3 is 11.6 Å². The molecule has 1 saturated heterocycles. The molecular formula is C22H19NO5. The van der Waals surface area contributed by atoms with Crippen molar-refractivity contribution >= 4 is 22.8 Å². The quantitative estimate of drug-likeness (QED) is 0.515. The topological polar surface area (TPSA) is 76.8 Å². The summed E-state index contributed by atoms with van der Waals surface area (Å²) in [7, 11) is 0. The van der Waals surface area contributed by atoms with E-state index in [-0.39, 0.29) is 11.5 Å². The van der Waals surface area contributed by atoms with Gasteiger partial charge in [0, 0.05) is 24.0 Å². The monoisotopic (exact) mass is 377 g/mol. The first-order valence-electron chi connectivity index (χ1n) is 9.21. The highest BCUT2D eigenvalue weighted by Crippen LogP contribution is 2.24. The van der Waals surface area contributed by atoms with Crippen LogP contribution in [0, 0.1) is 0 Å². The summed E-state index contributed by atoms with van der Waals surface area (Å²) in [6.45, 7) is 1.27. The van der Waals surface area contributed by atoms with Crippen LogP contribution >= 0.6 is 0 Å². The van der Waals surface area contributed by atoms with Crippen LogP contribution in [0.25, 0.3) is 11.0 Å². The van der Waals surface area contributed by atoms with Gasteiger partial charge in [-0.2, -0.15) is 0 Å². The molecule has 0 spiro atoms. The van der Waals surface area contributed by atoms with Crippen molar-refractivity contribution in [1.29, 1.82) is 0 Å². The Hall–Kier alpha value is -3.41. The minimum absolute atomic E-state index is 0.228. The van der Waals surface area contributed by atoms with Gasteiger partial charge in [0.25, 0.3) is 5.91 Å². The second-order valence-corrected chi connectivity index (χ2v) is 6.71. The van der Waals surface area contributed by atoms with Crippen LogP contribution in [0.4, 0.5) is 0 Å². The van der Waals surface area contributed by atoms with E-state index < -0.39 is 17.7 Å². The summed E-state index contributed by atoms with van der Waals surface area (Å²) < 4.78 is 10.7. The Morgan fingerprint density at radius 2 is 1.64 bits per heavy atom. The Labute approximate surface area is 161 Å². The fraction of sp³-hybridized carbons (Fsp3) is 0.227. The third-order valence-electron chi connectivity index (χ3n) is 4.83. The van der Waals surface area contributed by atoms with Crippen LogP contribution in [-0.4, -0.2) is 29.9 Å². The third kappa shape index (κ3) is 3.53. The highest BCUT2D eigenvalue weighted by molar-refractivity contribution is 5.95. The van der Waals surface area contributed by atoms with E-state index in [0.29, 0.717) is 29.6 Å². The maximum atomic E-state index is 13.0. The molecule has 0 radical (unpaired) electrons. The zero-order valence-electron chi connectivity index (χ0n) is 15.2. The van der Waals surface area contributed by atoms with E-state index in [9.17, 15) is 14.4 Å². The molecule has 1 aliphatic heterocycles. The van der Waals surface area contributed by atoms with E-state index in [1.54, 1.807) is 53.4 Å². The zero-order valence-corrected chi connectivity index (χ0v) is 15.2. The van der Waals surface area contributed by atoms with Crippen LogP contribution in [-0.2, 0) is 9.53 Å². The highest BCUT2D eigenvalue weighted by atomic mass is 16.5. The Kier molecular flexibility index (Phi) is 4.93. The minimum Gasteiger partial charge on any atom is -0.443 e. The van der Waals surface area contributed by atoms with Gasteiger partial charge in [0.2, 0.25) is 6.10 Å². The Balaban J connectivity index is 1.66. The molecule has 4 rings (SSSR count). The molecule has 1 fully saturated rings. The molecular weight excluding hydrogens is 358 g/mol. The largest absolute Gasteiger partial charge is 0.443 e. The summed E-state index contributed by atoms with van der Waals surface area (Å²) in [6.07, 6.45) is 0.753. The molecule has 6 nitrogen and oxygen atoms in total. The molecule has 1 atom stereocenters. The lowest BCUT2D eigenvalue weighted by atomic mass is 10.1. The molecule has 6 heteroatoms. The van der Waals surface area contributed by atoms with Gasteiger partial charge in [0.05, 0.1) is 0 Å². The number of nitrogens with zero attached hydrogens (tertiary/aromatic N) is 1. The Morgan fingerprint density at radius 3 is 2.39 bits per heavy atom. The summed E-state index contributed by atoms with van der Waals surface area (Å²) in [5.74, 6) is -1.15. The Bertz CT molecular complexity index is 1070. The molecule has 28 heavy (non-hydrogen) atoms. The van der Waals surface area contributed by atoms with Crippen molar-refractivity contribution < 1.29 is 18.7 Å². The first-order valence-corrected chi connectivity index (χ1v) is 9.21. The number of carbonyl (C=O) groups is 2. The zero-order chi connectivity index (χ0) is 19.5. The summed E-state index contributed by atoms with van der Waals surface area (Å²) in [5.41, 5.74) is -0.0623. The van der Waals surface area contributed by atoms with Gasteiger partial charge in [-0.3, -0.25) is 4.79 Å². The number of ether oxygens (including phenoxy) is 1. The summed E-state index contributed by atoms with van der Waals surface area (Å²) >= 11 is 0. The standard InChI is InChI=1S/C22H19NO5/c24-20(23-12-6-7-13-23)19(15-8-2-1-3-9-15)28-22(26)17-14-16-10-4-5-11-18(16)27-21(17)25/h1-5,8-11,14,19H,6-7,12-13H2/t19-/m0/s1. The molecule has 1 aromatic heterocycles. The fourth-order valence-electron chi connectivity index (χ4n) is 3.37. The smallest absolute Gasteiger partial charge is 0.351 e. The van der Waals surface area contributed by atoms with Crippen molar-refractivity contribution in [3.05, 3.63) is 82.2 Å². The minimum atomic E-state index is -1.10. The first kappa shape index (κ1) is 18.0. The molecule has 3 aromatic rings. The summed E-state index contributed by atoms with van der Waals surface area (Å²) in [6, 6.07) is 17.2. The average Bonchev–Trinajstić information content (AvgIpc) is 3.26. The van der Waals surface area contributed by atoms with E-state index in [1.165, 1.54) is 6.07 Å². The molecule has 142 valence electrons. The van der Waals surface area contributed by atoms with Gasteiger partial charge < -0.3 is 14.1 Å². The number of rotatable bonds is 4. The molecule has 1 amide bonds. The van der Waals surface area contributed by atoms with E-state index in [2.05, 4.69) is 0 Å². The number of fused-ring (bicyclic) bond motifs is 1. The number of carbonyl (C=O) groups excluding carboxylic acids is 2. The normalized spacial score (nSPS) is 14.8. The number of amides is 1. The van der Waals surface area contributed by atoms with E-state index in [4.69, 9.17) is 9.15 Å². The van der Waals surface area contributed by atoms with Crippen molar-refractivity contribution in [2.75, 3.05) is 13.1 Å². The lowest BCUT2D eigenvalue weighted by Crippen LogP contribution is -2.35. The molecule has 0 aliphatic carbocycles. The predicted molar refractivity (Wildman–Crippen MR) is 103 cm³/mol. The molecule has 0 N–H and O–H groups in total. The number of esters is 1. The van der Waals surface area contributed by atoms with Gasteiger partial charge in [0.15, 0.2) is 0 Å². The molecule has 2 aromatic carbocycles. The predicted octanol–water partition coefficient (Wildman–Crippen LogP) is 3.31. The van der Waals surface area contributed by atoms with Crippen molar-refractivity contribution in [3.8, 4) is 0 Å². The van der Waals surface area contributed by atoms with Crippen molar-refractivity contribution in [3.63, 3.8) is 0 Å². The van der Waals surface area contributed by atoms with Crippen molar-refractivity contribution in [2.45, 2.75) is 18.9 Å². The van der Waals surface area contributed by atoms with Gasteiger partial charge in [-0.05, 0) is 25.0 Å². The third-order valence-corrected chi connectivity index (χ3v) is 4.83. The second kappa shape index (κ2) is 7.68. The summed E-state index contributed by atoms with van der Waals surface area (Å²) in [5, 5.41) is 0.608. The van der Waals surface area contributed by atoms with Crippen LogP contribution in [0.5, 0.6) is 0 Å². The van der Waals surface area contributed by atoms with Crippen LogP contribution in [0.1, 0.15) is 34.9 Å². The molecule has 2 heterocycles. The molecule has 1 aliphatic rings. The van der Waals surface area contributed by atoms with Gasteiger partial charge in [-0.15, -0.1) is 0 Å². The van der Waals surface area contributed by atoms with Crippen molar-refractivity contribution in [2.24, 2.45) is 0 Å². The SMILES string of the molecule is O=C(O[C@H](C(=O)N1CCCC1)c1ccccc1)c1cc2ccccc2oc1=O. The Morgan fingerprint density at radius 1 is 0.964 bits per heavy atom. The number of hydrogen-bond acceptors (Lipinski definition) is 5. The van der Waals surface area contributed by atoms with Crippen LogP contribution < -0.4 is 5.63 Å². The average molecular weight is 377 g/mol. The lowest BCUT2D eigenvalue weighted by Gasteiger charge is -2.23. The van der Waals surface area contributed by atoms with Gasteiger partial charge in [0.1, 0.15) is 11.1 Å². The second-order valence-electron chi connectivity index (χ2n) is 6.71. The molecule has 0 bridgehead atoms. The lowest BCUT2D eigenvalue weighted by molar-refractivity contribution is -0.140. The molecule has 0 saturated carbocycles. The highest BCUT2D eigenvalue weighted by Gasteiger charge is 2.32. The summed E-state index contributed by atoms with van der Waals surface area (Å²) in [4.78, 5) is 39.7. The van der Waals surface area contributed by atoms with Crippen LogP contribution in [0.15, 0.2) is 69.9 Å². The van der Waals surface area contributed by atoms with Crippen LogP contribution in [0.2, 0.25) is 0 Å². The van der Waals surface area contributed by atoms with Crippen LogP contribution in [0.3, 0.4) is 0 Å². The van der Waals surface area contributed by atoms with E-state index >= 15 is 0 Å². The molecule has 0 unspecified atom stereocenters. The maximum absolute atomic E-state index is 13.0. The van der Waals surface area contributed by atoms with Crippen molar-refractivity contribution in [1.82, 2.24) is 4.90 Å². The number of hydrogen-bond donors (Lipinski definition) is 0. The number of para-hydroxylation sites is 1. The van der Waals surface area contributed by atoms with Gasteiger partial charge in [-0.25, -0.2) is 9.59 Å².